The van der Waals surface area contributed by atoms with Crippen LogP contribution in [0.25, 0.3) is 0 Å². The molecule has 0 aromatic heterocycles. The summed E-state index contributed by atoms with van der Waals surface area (Å²) in [6.07, 6.45) is 0. The van der Waals surface area contributed by atoms with Gasteiger partial charge in [-0.2, -0.15) is 0 Å². The zero-order valence-electron chi connectivity index (χ0n) is 13.8. The molecule has 3 aromatic rings. The Hall–Kier alpha value is -3.54. The largest absolute Gasteiger partial charge is 0.455 e. The van der Waals surface area contributed by atoms with Gasteiger partial charge in [0.1, 0.15) is 23.0 Å². The van der Waals surface area contributed by atoms with E-state index >= 15 is 0 Å². The second-order valence-electron chi connectivity index (χ2n) is 5.78. The minimum absolute atomic E-state index is 0.465. The molecule has 0 saturated carbocycles. The average Bonchev–Trinajstić information content (AvgIpc) is 2.52. The molecule has 0 spiro atoms. The van der Waals surface area contributed by atoms with E-state index in [1.54, 1.807) is 42.5 Å². The standard InChI is InChI=1S/C19H20N4O2/c1-11-6-14(24-18-4-2-12(20)8-16(18)22)10-15(7-11)25-19-5-3-13(21)9-17(19)23/h2-10H,20-23H2,1H3. The van der Waals surface area contributed by atoms with E-state index in [9.17, 15) is 0 Å². The smallest absolute Gasteiger partial charge is 0.150 e. The summed E-state index contributed by atoms with van der Waals surface area (Å²) in [5.74, 6) is 2.25. The molecule has 3 aromatic carbocycles. The first kappa shape index (κ1) is 16.3. The van der Waals surface area contributed by atoms with Gasteiger partial charge < -0.3 is 32.4 Å². The number of rotatable bonds is 4. The zero-order valence-corrected chi connectivity index (χ0v) is 13.8. The van der Waals surface area contributed by atoms with Gasteiger partial charge in [0.05, 0.1) is 11.4 Å². The van der Waals surface area contributed by atoms with Gasteiger partial charge in [-0.3, -0.25) is 0 Å². The van der Waals surface area contributed by atoms with E-state index in [0.717, 1.165) is 5.56 Å². The Morgan fingerprint density at radius 3 is 1.44 bits per heavy atom. The molecule has 3 rings (SSSR count). The zero-order chi connectivity index (χ0) is 18.0. The minimum Gasteiger partial charge on any atom is -0.455 e. The summed E-state index contributed by atoms with van der Waals surface area (Å²) in [6.45, 7) is 1.94. The molecule has 0 aliphatic carbocycles. The number of anilines is 4. The molecular formula is C19H20N4O2. The highest BCUT2D eigenvalue weighted by Crippen LogP contribution is 2.34. The predicted molar refractivity (Wildman–Crippen MR) is 102 cm³/mol. The van der Waals surface area contributed by atoms with Crippen molar-refractivity contribution in [1.82, 2.24) is 0 Å². The van der Waals surface area contributed by atoms with Gasteiger partial charge in [0.15, 0.2) is 0 Å². The molecule has 128 valence electrons. The number of hydrogen-bond donors (Lipinski definition) is 4. The van der Waals surface area contributed by atoms with Gasteiger partial charge in [-0.15, -0.1) is 0 Å². The Bertz CT molecular complexity index is 854. The summed E-state index contributed by atoms with van der Waals surface area (Å²) < 4.78 is 11.7. The van der Waals surface area contributed by atoms with Crippen LogP contribution in [0.5, 0.6) is 23.0 Å². The van der Waals surface area contributed by atoms with E-state index in [1.807, 2.05) is 19.1 Å². The normalized spacial score (nSPS) is 10.4. The molecule has 0 saturated heterocycles. The lowest BCUT2D eigenvalue weighted by molar-refractivity contribution is 0.462. The highest BCUT2D eigenvalue weighted by atomic mass is 16.5. The first-order valence-electron chi connectivity index (χ1n) is 7.68. The van der Waals surface area contributed by atoms with Crippen LogP contribution in [0.4, 0.5) is 22.7 Å². The number of aryl methyl sites for hydroxylation is 1. The van der Waals surface area contributed by atoms with Crippen LogP contribution < -0.4 is 32.4 Å². The van der Waals surface area contributed by atoms with E-state index in [4.69, 9.17) is 32.4 Å². The molecule has 0 bridgehead atoms. The van der Waals surface area contributed by atoms with Crippen LogP contribution in [0.3, 0.4) is 0 Å². The van der Waals surface area contributed by atoms with Crippen LogP contribution >= 0.6 is 0 Å². The summed E-state index contributed by atoms with van der Waals surface area (Å²) in [7, 11) is 0. The number of benzene rings is 3. The lowest BCUT2D eigenvalue weighted by Crippen LogP contribution is -1.96. The van der Waals surface area contributed by atoms with Gasteiger partial charge in [0, 0.05) is 17.4 Å². The second-order valence-corrected chi connectivity index (χ2v) is 5.78. The van der Waals surface area contributed by atoms with Gasteiger partial charge in [-0.25, -0.2) is 0 Å². The molecular weight excluding hydrogens is 316 g/mol. The molecule has 0 aliphatic heterocycles. The molecule has 8 N–H and O–H groups in total. The molecule has 25 heavy (non-hydrogen) atoms. The third-order valence-corrected chi connectivity index (χ3v) is 3.55. The van der Waals surface area contributed by atoms with Crippen LogP contribution in [-0.4, -0.2) is 0 Å². The second kappa shape index (κ2) is 6.52. The maximum Gasteiger partial charge on any atom is 0.150 e. The van der Waals surface area contributed by atoms with Crippen LogP contribution in [0, 0.1) is 6.92 Å². The highest BCUT2D eigenvalue weighted by molar-refractivity contribution is 5.63. The van der Waals surface area contributed by atoms with Crippen molar-refractivity contribution in [3.8, 4) is 23.0 Å². The van der Waals surface area contributed by atoms with E-state index in [-0.39, 0.29) is 0 Å². The van der Waals surface area contributed by atoms with Crippen LogP contribution in [0.15, 0.2) is 54.6 Å². The maximum absolute atomic E-state index is 5.94. The fraction of sp³-hybridized carbons (Fsp3) is 0.0526. The van der Waals surface area contributed by atoms with Crippen molar-refractivity contribution < 1.29 is 9.47 Å². The maximum atomic E-state index is 5.94. The van der Waals surface area contributed by atoms with Crippen LogP contribution in [0.1, 0.15) is 5.56 Å². The SMILES string of the molecule is Cc1cc(Oc2ccc(N)cc2N)cc(Oc2ccc(N)cc2N)c1. The third kappa shape index (κ3) is 3.87. The van der Waals surface area contributed by atoms with E-state index < -0.39 is 0 Å². The summed E-state index contributed by atoms with van der Waals surface area (Å²) in [5.41, 5.74) is 26.3. The van der Waals surface area contributed by atoms with Crippen molar-refractivity contribution in [1.29, 1.82) is 0 Å². The Labute approximate surface area is 145 Å². The van der Waals surface area contributed by atoms with E-state index in [2.05, 4.69) is 0 Å². The van der Waals surface area contributed by atoms with Crippen molar-refractivity contribution in [3.05, 3.63) is 60.2 Å². The topological polar surface area (TPSA) is 123 Å². The van der Waals surface area contributed by atoms with Gasteiger partial charge in [0.25, 0.3) is 0 Å². The molecule has 0 aliphatic rings. The van der Waals surface area contributed by atoms with E-state index in [0.29, 0.717) is 45.7 Å². The molecule has 0 unspecified atom stereocenters. The highest BCUT2D eigenvalue weighted by Gasteiger charge is 2.08. The summed E-state index contributed by atoms with van der Waals surface area (Å²) in [5, 5.41) is 0. The molecule has 6 heteroatoms. The first-order chi connectivity index (χ1) is 11.9. The van der Waals surface area contributed by atoms with Crippen molar-refractivity contribution in [2.24, 2.45) is 0 Å². The molecule has 6 nitrogen and oxygen atoms in total. The molecule has 0 fully saturated rings. The summed E-state index contributed by atoms with van der Waals surface area (Å²) >= 11 is 0. The Balaban J connectivity index is 1.87. The number of nitrogens with two attached hydrogens (primary N) is 4. The Morgan fingerprint density at radius 2 is 1.04 bits per heavy atom. The number of hydrogen-bond acceptors (Lipinski definition) is 6. The fourth-order valence-electron chi connectivity index (χ4n) is 2.41. The third-order valence-electron chi connectivity index (χ3n) is 3.55. The first-order valence-corrected chi connectivity index (χ1v) is 7.68. The number of nitrogen functional groups attached to an aromatic ring is 4. The molecule has 0 atom stereocenters. The average molecular weight is 336 g/mol. The minimum atomic E-state index is 0.465. The molecule has 0 heterocycles. The number of ether oxygens (including phenoxy) is 2. The lowest BCUT2D eigenvalue weighted by Gasteiger charge is -2.13. The van der Waals surface area contributed by atoms with Crippen molar-refractivity contribution in [2.45, 2.75) is 6.92 Å². The predicted octanol–water partition coefficient (Wildman–Crippen LogP) is 3.91. The molecule has 0 radical (unpaired) electrons. The van der Waals surface area contributed by atoms with Crippen LogP contribution in [0.2, 0.25) is 0 Å². The lowest BCUT2D eigenvalue weighted by atomic mass is 10.2. The Morgan fingerprint density at radius 1 is 0.600 bits per heavy atom. The van der Waals surface area contributed by atoms with Gasteiger partial charge in [-0.1, -0.05) is 0 Å². The summed E-state index contributed by atoms with van der Waals surface area (Å²) in [4.78, 5) is 0. The van der Waals surface area contributed by atoms with Gasteiger partial charge in [0.2, 0.25) is 0 Å². The van der Waals surface area contributed by atoms with Crippen molar-refractivity contribution in [3.63, 3.8) is 0 Å². The fourth-order valence-corrected chi connectivity index (χ4v) is 2.41. The van der Waals surface area contributed by atoms with Gasteiger partial charge >= 0.3 is 0 Å². The Kier molecular flexibility index (Phi) is 4.26. The summed E-state index contributed by atoms with van der Waals surface area (Å²) in [6, 6.07) is 15.7. The molecule has 0 amide bonds. The van der Waals surface area contributed by atoms with Gasteiger partial charge in [-0.05, 0) is 61.0 Å². The van der Waals surface area contributed by atoms with Crippen molar-refractivity contribution >= 4 is 22.7 Å². The van der Waals surface area contributed by atoms with Crippen LogP contribution in [-0.2, 0) is 0 Å². The van der Waals surface area contributed by atoms with Crippen molar-refractivity contribution in [2.75, 3.05) is 22.9 Å². The van der Waals surface area contributed by atoms with E-state index in [1.165, 1.54) is 0 Å². The quantitative estimate of drug-likeness (QED) is 0.536. The monoisotopic (exact) mass is 336 g/mol.